The Morgan fingerprint density at radius 2 is 1.30 bits per heavy atom. The van der Waals surface area contributed by atoms with Crippen LogP contribution in [-0.4, -0.2) is 17.3 Å². The molecule has 0 saturated heterocycles. The molecule has 0 amide bonds. The van der Waals surface area contributed by atoms with Gasteiger partial charge in [0.05, 0.1) is 16.7 Å². The standard InChI is InChI=1S/C28H17BNO3/c31-29-33-25-16-17-8-1-2-9-18(17)26-21-12-7-15-24(27(21)32-28(25)26)30-22-13-5-3-10-19(22)20-11-4-6-14-23(20)30/h1-16,31H. The number of furan rings is 1. The molecule has 7 rings (SSSR count). The minimum atomic E-state index is 0.482. The van der Waals surface area contributed by atoms with E-state index in [-0.39, 0.29) is 0 Å². The fourth-order valence-electron chi connectivity index (χ4n) is 5.11. The summed E-state index contributed by atoms with van der Waals surface area (Å²) in [5.41, 5.74) is 4.60. The van der Waals surface area contributed by atoms with Gasteiger partial charge in [-0.25, -0.2) is 0 Å². The van der Waals surface area contributed by atoms with Crippen LogP contribution in [0.4, 0.5) is 0 Å². The maximum absolute atomic E-state index is 9.37. The second-order valence-electron chi connectivity index (χ2n) is 8.15. The number of hydrogen-bond donors (Lipinski definition) is 1. The summed E-state index contributed by atoms with van der Waals surface area (Å²) >= 11 is 0. The number of nitrogens with zero attached hydrogens (tertiary/aromatic N) is 1. The molecule has 2 heterocycles. The van der Waals surface area contributed by atoms with Gasteiger partial charge in [-0.2, -0.15) is 0 Å². The van der Waals surface area contributed by atoms with E-state index in [4.69, 9.17) is 9.07 Å². The average molecular weight is 426 g/mol. The molecule has 0 aliphatic rings. The van der Waals surface area contributed by atoms with Gasteiger partial charge >= 0.3 is 7.69 Å². The molecule has 0 bridgehead atoms. The highest BCUT2D eigenvalue weighted by atomic mass is 16.5. The topological polar surface area (TPSA) is 47.5 Å². The third-order valence-electron chi connectivity index (χ3n) is 6.44. The van der Waals surface area contributed by atoms with E-state index >= 15 is 0 Å². The number of hydrogen-bond acceptors (Lipinski definition) is 3. The Hall–Kier alpha value is -4.22. The van der Waals surface area contributed by atoms with Gasteiger partial charge in [0.2, 0.25) is 0 Å². The molecule has 2 aromatic heterocycles. The van der Waals surface area contributed by atoms with E-state index in [1.165, 1.54) is 10.8 Å². The van der Waals surface area contributed by atoms with E-state index in [1.807, 2.05) is 24.3 Å². The maximum Gasteiger partial charge on any atom is 0.569 e. The van der Waals surface area contributed by atoms with E-state index in [9.17, 15) is 5.02 Å². The molecule has 7 aromatic rings. The summed E-state index contributed by atoms with van der Waals surface area (Å²) in [6.07, 6.45) is 0. The molecule has 0 aliphatic carbocycles. The lowest BCUT2D eigenvalue weighted by Crippen LogP contribution is -1.99. The first-order chi connectivity index (χ1) is 16.3. The Morgan fingerprint density at radius 1 is 0.667 bits per heavy atom. The highest BCUT2D eigenvalue weighted by Gasteiger charge is 2.20. The zero-order chi connectivity index (χ0) is 21.9. The molecule has 0 spiro atoms. The summed E-state index contributed by atoms with van der Waals surface area (Å²) in [7, 11) is 0.699. The highest BCUT2D eigenvalue weighted by molar-refractivity contribution is 6.24. The van der Waals surface area contributed by atoms with Crippen molar-refractivity contribution in [1.82, 2.24) is 4.57 Å². The number of benzene rings is 5. The van der Waals surface area contributed by atoms with Gasteiger partial charge in [0.1, 0.15) is 5.75 Å². The molecule has 5 aromatic carbocycles. The van der Waals surface area contributed by atoms with Crippen LogP contribution < -0.4 is 4.65 Å². The molecule has 0 unspecified atom stereocenters. The number of para-hydroxylation sites is 3. The summed E-state index contributed by atoms with van der Waals surface area (Å²) < 4.78 is 14.2. The van der Waals surface area contributed by atoms with Crippen LogP contribution in [0.5, 0.6) is 5.75 Å². The van der Waals surface area contributed by atoms with Crippen LogP contribution in [0.3, 0.4) is 0 Å². The minimum Gasteiger partial charge on any atom is -0.535 e. The molecule has 1 radical (unpaired) electrons. The average Bonchev–Trinajstić information content (AvgIpc) is 3.41. The van der Waals surface area contributed by atoms with Crippen LogP contribution in [0.1, 0.15) is 0 Å². The largest absolute Gasteiger partial charge is 0.569 e. The molecular formula is C28H17BNO3. The quantitative estimate of drug-likeness (QED) is 0.318. The van der Waals surface area contributed by atoms with Crippen molar-refractivity contribution >= 4 is 62.2 Å². The predicted molar refractivity (Wildman–Crippen MR) is 134 cm³/mol. The van der Waals surface area contributed by atoms with Gasteiger partial charge in [-0.15, -0.1) is 0 Å². The van der Waals surface area contributed by atoms with Crippen molar-refractivity contribution in [3.63, 3.8) is 0 Å². The van der Waals surface area contributed by atoms with Gasteiger partial charge < -0.3 is 18.7 Å². The lowest BCUT2D eigenvalue weighted by Gasteiger charge is -2.08. The second kappa shape index (κ2) is 6.89. The van der Waals surface area contributed by atoms with Crippen LogP contribution >= 0.6 is 0 Å². The third kappa shape index (κ3) is 2.51. The number of aromatic nitrogens is 1. The van der Waals surface area contributed by atoms with Crippen LogP contribution in [0, 0.1) is 0 Å². The van der Waals surface area contributed by atoms with Crippen LogP contribution in [0.15, 0.2) is 101 Å². The smallest absolute Gasteiger partial charge is 0.535 e. The molecule has 5 heteroatoms. The predicted octanol–water partition coefficient (Wildman–Crippen LogP) is 6.74. The van der Waals surface area contributed by atoms with Crippen molar-refractivity contribution in [3.05, 3.63) is 97.1 Å². The summed E-state index contributed by atoms with van der Waals surface area (Å²) in [6, 6.07) is 33.1. The fourth-order valence-corrected chi connectivity index (χ4v) is 5.11. The lowest BCUT2D eigenvalue weighted by atomic mass is 10.0. The van der Waals surface area contributed by atoms with Gasteiger partial charge in [0, 0.05) is 21.5 Å². The van der Waals surface area contributed by atoms with E-state index in [1.54, 1.807) is 0 Å². The zero-order valence-corrected chi connectivity index (χ0v) is 17.5. The zero-order valence-electron chi connectivity index (χ0n) is 17.5. The molecule has 0 atom stereocenters. The molecule has 0 saturated carbocycles. The first-order valence-corrected chi connectivity index (χ1v) is 10.8. The van der Waals surface area contributed by atoms with Gasteiger partial charge in [0.25, 0.3) is 0 Å². The molecule has 33 heavy (non-hydrogen) atoms. The highest BCUT2D eigenvalue weighted by Crippen LogP contribution is 2.43. The molecule has 0 aliphatic heterocycles. The Labute approximate surface area is 189 Å². The maximum atomic E-state index is 9.37. The van der Waals surface area contributed by atoms with Gasteiger partial charge in [-0.1, -0.05) is 72.8 Å². The SMILES string of the molecule is O[B]Oc1cc2ccccc2c2c1oc1c(-n3c4ccccc4c4ccccc43)cccc12. The monoisotopic (exact) mass is 426 g/mol. The second-order valence-corrected chi connectivity index (χ2v) is 8.15. The van der Waals surface area contributed by atoms with Crippen molar-refractivity contribution in [2.45, 2.75) is 0 Å². The Kier molecular flexibility index (Phi) is 3.83. The van der Waals surface area contributed by atoms with Crippen molar-refractivity contribution < 1.29 is 14.1 Å². The first-order valence-electron chi connectivity index (χ1n) is 10.8. The van der Waals surface area contributed by atoms with E-state index in [0.29, 0.717) is 19.0 Å². The van der Waals surface area contributed by atoms with Crippen molar-refractivity contribution in [2.24, 2.45) is 0 Å². The third-order valence-corrected chi connectivity index (χ3v) is 6.44. The van der Waals surface area contributed by atoms with Gasteiger partial charge in [-0.3, -0.25) is 0 Å². The number of rotatable bonds is 3. The van der Waals surface area contributed by atoms with E-state index in [0.717, 1.165) is 43.8 Å². The Morgan fingerprint density at radius 3 is 2.03 bits per heavy atom. The van der Waals surface area contributed by atoms with Crippen molar-refractivity contribution in [2.75, 3.05) is 0 Å². The van der Waals surface area contributed by atoms with Crippen molar-refractivity contribution in [3.8, 4) is 11.4 Å². The lowest BCUT2D eigenvalue weighted by molar-refractivity contribution is 0.451. The summed E-state index contributed by atoms with van der Waals surface area (Å²) in [5, 5.41) is 15.9. The van der Waals surface area contributed by atoms with Crippen molar-refractivity contribution in [1.29, 1.82) is 0 Å². The summed E-state index contributed by atoms with van der Waals surface area (Å²) in [5.74, 6) is 0.482. The summed E-state index contributed by atoms with van der Waals surface area (Å²) in [6.45, 7) is 0. The van der Waals surface area contributed by atoms with E-state index in [2.05, 4.69) is 77.4 Å². The molecule has 0 fully saturated rings. The number of fused-ring (bicyclic) bond motifs is 8. The Balaban J connectivity index is 1.67. The summed E-state index contributed by atoms with van der Waals surface area (Å²) in [4.78, 5) is 0. The van der Waals surface area contributed by atoms with E-state index < -0.39 is 0 Å². The first kappa shape index (κ1) is 18.4. The van der Waals surface area contributed by atoms with Gasteiger partial charge in [-0.05, 0) is 35.0 Å². The molecule has 1 N–H and O–H groups in total. The Bertz CT molecular complexity index is 1790. The van der Waals surface area contributed by atoms with Gasteiger partial charge in [0.15, 0.2) is 11.2 Å². The molecule has 155 valence electrons. The van der Waals surface area contributed by atoms with Crippen LogP contribution in [0.25, 0.3) is 60.2 Å². The normalized spacial score (nSPS) is 11.8. The van der Waals surface area contributed by atoms with Crippen LogP contribution in [-0.2, 0) is 0 Å². The molecular weight excluding hydrogens is 409 g/mol. The van der Waals surface area contributed by atoms with Crippen LogP contribution in [0.2, 0.25) is 0 Å². The minimum absolute atomic E-state index is 0.482. The fraction of sp³-hybridized carbons (Fsp3) is 0. The molecule has 4 nitrogen and oxygen atoms in total.